The molecule has 102 valence electrons. The number of aryl methyl sites for hydroxylation is 1. The van der Waals surface area contributed by atoms with Crippen LogP contribution in [0.2, 0.25) is 0 Å². The molecule has 1 heterocycles. The highest BCUT2D eigenvalue weighted by Gasteiger charge is 2.14. The Balaban J connectivity index is 2.24. The number of pyridine rings is 1. The van der Waals surface area contributed by atoms with E-state index in [1.165, 1.54) is 23.2 Å². The van der Waals surface area contributed by atoms with Gasteiger partial charge in [-0.25, -0.2) is 4.79 Å². The molecule has 1 aromatic heterocycles. The van der Waals surface area contributed by atoms with Crippen molar-refractivity contribution >= 4 is 17.6 Å². The van der Waals surface area contributed by atoms with Crippen LogP contribution in [0.25, 0.3) is 0 Å². The van der Waals surface area contributed by atoms with Gasteiger partial charge in [-0.15, -0.1) is 0 Å². The second kappa shape index (κ2) is 5.52. The summed E-state index contributed by atoms with van der Waals surface area (Å²) in [4.78, 5) is 28.5. The first-order chi connectivity index (χ1) is 9.49. The molecule has 0 fully saturated rings. The van der Waals surface area contributed by atoms with Crippen LogP contribution in [0.1, 0.15) is 26.3 Å². The van der Waals surface area contributed by atoms with Gasteiger partial charge < -0.3 is 10.0 Å². The Kier molecular flexibility index (Phi) is 3.79. The number of nitrogens with zero attached hydrogens (tertiary/aromatic N) is 2. The molecule has 1 aromatic carbocycles. The Hall–Kier alpha value is -2.69. The number of benzene rings is 1. The van der Waals surface area contributed by atoms with Crippen LogP contribution in [-0.2, 0) is 0 Å². The number of anilines is 1. The second-order valence-corrected chi connectivity index (χ2v) is 4.47. The molecule has 0 radical (unpaired) electrons. The minimum Gasteiger partial charge on any atom is -0.478 e. The first-order valence-electron chi connectivity index (χ1n) is 6.02. The van der Waals surface area contributed by atoms with Crippen molar-refractivity contribution in [3.63, 3.8) is 0 Å². The summed E-state index contributed by atoms with van der Waals surface area (Å²) in [6.07, 6.45) is 3.19. The van der Waals surface area contributed by atoms with Crippen molar-refractivity contribution in [1.82, 2.24) is 4.98 Å². The van der Waals surface area contributed by atoms with E-state index in [-0.39, 0.29) is 11.5 Å². The van der Waals surface area contributed by atoms with Gasteiger partial charge in [0.2, 0.25) is 0 Å². The zero-order valence-electron chi connectivity index (χ0n) is 11.2. The maximum Gasteiger partial charge on any atom is 0.335 e. The lowest BCUT2D eigenvalue weighted by Crippen LogP contribution is -2.26. The van der Waals surface area contributed by atoms with Gasteiger partial charge in [0.15, 0.2) is 0 Å². The molecule has 5 heteroatoms. The molecule has 0 aliphatic heterocycles. The van der Waals surface area contributed by atoms with E-state index in [0.29, 0.717) is 11.3 Å². The van der Waals surface area contributed by atoms with Gasteiger partial charge in [-0.1, -0.05) is 0 Å². The number of carbonyl (C=O) groups is 2. The maximum absolute atomic E-state index is 12.3. The van der Waals surface area contributed by atoms with Gasteiger partial charge in [-0.05, 0) is 42.8 Å². The topological polar surface area (TPSA) is 70.5 Å². The second-order valence-electron chi connectivity index (χ2n) is 4.47. The molecule has 1 amide bonds. The highest BCUT2D eigenvalue weighted by atomic mass is 16.4. The van der Waals surface area contributed by atoms with Crippen LogP contribution >= 0.6 is 0 Å². The SMILES string of the molecule is Cc1cncc(C(=O)N(C)c2ccc(C(=O)O)cc2)c1. The lowest BCUT2D eigenvalue weighted by molar-refractivity contribution is 0.0696. The number of aromatic carboxylic acids is 1. The Bertz CT molecular complexity index is 650. The molecular weight excluding hydrogens is 256 g/mol. The summed E-state index contributed by atoms with van der Waals surface area (Å²) >= 11 is 0. The van der Waals surface area contributed by atoms with Crippen molar-refractivity contribution in [3.8, 4) is 0 Å². The Labute approximate surface area is 116 Å². The molecule has 0 saturated carbocycles. The number of amides is 1. The van der Waals surface area contributed by atoms with E-state index < -0.39 is 5.97 Å². The number of hydrogen-bond donors (Lipinski definition) is 1. The van der Waals surface area contributed by atoms with E-state index in [0.717, 1.165) is 5.56 Å². The zero-order valence-corrected chi connectivity index (χ0v) is 11.2. The van der Waals surface area contributed by atoms with Crippen molar-refractivity contribution in [2.45, 2.75) is 6.92 Å². The van der Waals surface area contributed by atoms with Gasteiger partial charge >= 0.3 is 5.97 Å². The molecule has 0 aliphatic carbocycles. The van der Waals surface area contributed by atoms with E-state index in [2.05, 4.69) is 4.98 Å². The summed E-state index contributed by atoms with van der Waals surface area (Å²) in [5, 5.41) is 8.84. The first kappa shape index (κ1) is 13.7. The van der Waals surface area contributed by atoms with Crippen LogP contribution in [0, 0.1) is 6.92 Å². The molecule has 1 N–H and O–H groups in total. The highest BCUT2D eigenvalue weighted by Crippen LogP contribution is 2.16. The van der Waals surface area contributed by atoms with Gasteiger partial charge in [0.1, 0.15) is 0 Å². The van der Waals surface area contributed by atoms with E-state index in [1.807, 2.05) is 6.92 Å². The number of aromatic nitrogens is 1. The summed E-state index contributed by atoms with van der Waals surface area (Å²) in [6, 6.07) is 7.90. The van der Waals surface area contributed by atoms with E-state index in [1.54, 1.807) is 31.4 Å². The average Bonchev–Trinajstić information content (AvgIpc) is 2.46. The van der Waals surface area contributed by atoms with Crippen molar-refractivity contribution < 1.29 is 14.7 Å². The molecule has 5 nitrogen and oxygen atoms in total. The van der Waals surface area contributed by atoms with Crippen molar-refractivity contribution in [3.05, 3.63) is 59.4 Å². The summed E-state index contributed by atoms with van der Waals surface area (Å²) in [7, 11) is 1.64. The molecule has 0 spiro atoms. The average molecular weight is 270 g/mol. The molecule has 2 rings (SSSR count). The summed E-state index contributed by atoms with van der Waals surface area (Å²) in [6.45, 7) is 1.87. The largest absolute Gasteiger partial charge is 0.478 e. The number of carboxylic acid groups (broad SMARTS) is 1. The van der Waals surface area contributed by atoms with Gasteiger partial charge in [-0.2, -0.15) is 0 Å². The number of rotatable bonds is 3. The maximum atomic E-state index is 12.3. The smallest absolute Gasteiger partial charge is 0.335 e. The van der Waals surface area contributed by atoms with Crippen LogP contribution in [0.15, 0.2) is 42.7 Å². The van der Waals surface area contributed by atoms with E-state index >= 15 is 0 Å². The third kappa shape index (κ3) is 2.83. The van der Waals surface area contributed by atoms with Crippen LogP contribution in [-0.4, -0.2) is 29.0 Å². The summed E-state index contributed by atoms with van der Waals surface area (Å²) < 4.78 is 0. The van der Waals surface area contributed by atoms with Crippen LogP contribution < -0.4 is 4.90 Å². The molecule has 0 atom stereocenters. The molecule has 0 unspecified atom stereocenters. The van der Waals surface area contributed by atoms with E-state index in [9.17, 15) is 9.59 Å². The predicted molar refractivity (Wildman–Crippen MR) is 75.1 cm³/mol. The van der Waals surface area contributed by atoms with Gasteiger partial charge in [0, 0.05) is 25.1 Å². The van der Waals surface area contributed by atoms with Gasteiger partial charge in [-0.3, -0.25) is 9.78 Å². The Morgan fingerprint density at radius 3 is 2.30 bits per heavy atom. The fourth-order valence-electron chi connectivity index (χ4n) is 1.81. The number of hydrogen-bond acceptors (Lipinski definition) is 3. The molecule has 20 heavy (non-hydrogen) atoms. The standard InChI is InChI=1S/C15H14N2O3/c1-10-7-12(9-16-8-10)14(18)17(2)13-5-3-11(4-6-13)15(19)20/h3-9H,1-2H3,(H,19,20). The summed E-state index contributed by atoms with van der Waals surface area (Å²) in [5.74, 6) is -1.18. The van der Waals surface area contributed by atoms with Crippen LogP contribution in [0.5, 0.6) is 0 Å². The predicted octanol–water partition coefficient (Wildman–Crippen LogP) is 2.36. The first-order valence-corrected chi connectivity index (χ1v) is 6.02. The molecule has 2 aromatic rings. The fourth-order valence-corrected chi connectivity index (χ4v) is 1.81. The minimum atomic E-state index is -0.992. The van der Waals surface area contributed by atoms with Crippen LogP contribution in [0.4, 0.5) is 5.69 Å². The van der Waals surface area contributed by atoms with E-state index in [4.69, 9.17) is 5.11 Å². The minimum absolute atomic E-state index is 0.187. The molecule has 0 saturated heterocycles. The summed E-state index contributed by atoms with van der Waals surface area (Å²) in [5.41, 5.74) is 2.22. The Morgan fingerprint density at radius 2 is 1.75 bits per heavy atom. The van der Waals surface area contributed by atoms with Crippen molar-refractivity contribution in [2.75, 3.05) is 11.9 Å². The van der Waals surface area contributed by atoms with Crippen molar-refractivity contribution in [2.24, 2.45) is 0 Å². The van der Waals surface area contributed by atoms with Crippen LogP contribution in [0.3, 0.4) is 0 Å². The quantitative estimate of drug-likeness (QED) is 0.929. The lowest BCUT2D eigenvalue weighted by Gasteiger charge is -2.17. The lowest BCUT2D eigenvalue weighted by atomic mass is 10.1. The number of carboxylic acids is 1. The Morgan fingerprint density at radius 1 is 1.10 bits per heavy atom. The third-order valence-corrected chi connectivity index (χ3v) is 2.93. The zero-order chi connectivity index (χ0) is 14.7. The molecular formula is C15H14N2O3. The molecule has 0 bridgehead atoms. The fraction of sp³-hybridized carbons (Fsp3) is 0.133. The monoisotopic (exact) mass is 270 g/mol. The third-order valence-electron chi connectivity index (χ3n) is 2.93. The molecule has 0 aliphatic rings. The van der Waals surface area contributed by atoms with Crippen molar-refractivity contribution in [1.29, 1.82) is 0 Å². The van der Waals surface area contributed by atoms with Gasteiger partial charge in [0.05, 0.1) is 11.1 Å². The normalized spacial score (nSPS) is 10.1. The van der Waals surface area contributed by atoms with Gasteiger partial charge in [0.25, 0.3) is 5.91 Å². The number of carbonyl (C=O) groups excluding carboxylic acids is 1. The highest BCUT2D eigenvalue weighted by molar-refractivity contribution is 6.05.